The van der Waals surface area contributed by atoms with Crippen LogP contribution in [-0.2, 0) is 14.4 Å². The normalized spacial score (nSPS) is 23.3. The van der Waals surface area contributed by atoms with Crippen LogP contribution in [0.3, 0.4) is 0 Å². The molecule has 3 rings (SSSR count). The molecule has 0 aromatic heterocycles. The van der Waals surface area contributed by atoms with Crippen molar-refractivity contribution in [3.05, 3.63) is 29.3 Å². The van der Waals surface area contributed by atoms with Crippen molar-refractivity contribution in [2.45, 2.75) is 46.0 Å². The molecule has 1 aliphatic carbocycles. The van der Waals surface area contributed by atoms with E-state index in [4.69, 9.17) is 0 Å². The van der Waals surface area contributed by atoms with Gasteiger partial charge in [-0.15, -0.1) is 0 Å². The summed E-state index contributed by atoms with van der Waals surface area (Å²) in [6.45, 7) is 4.09. The number of fused-ring (bicyclic) bond motifs is 1. The second-order valence-electron chi connectivity index (χ2n) is 6.94. The SMILES string of the molecule is Cc1ccc(C)c(NC(=O)CCN2C(=O)C3CCCCC3C2=O)c1. The van der Waals surface area contributed by atoms with E-state index in [0.717, 1.165) is 42.5 Å². The monoisotopic (exact) mass is 328 g/mol. The van der Waals surface area contributed by atoms with E-state index in [-0.39, 0.29) is 42.5 Å². The van der Waals surface area contributed by atoms with Gasteiger partial charge in [0.25, 0.3) is 0 Å². The lowest BCUT2D eigenvalue weighted by Crippen LogP contribution is -2.34. The summed E-state index contributed by atoms with van der Waals surface area (Å²) in [6, 6.07) is 5.88. The number of hydrogen-bond donors (Lipinski definition) is 1. The van der Waals surface area contributed by atoms with Gasteiger partial charge in [0.05, 0.1) is 11.8 Å². The van der Waals surface area contributed by atoms with Crippen LogP contribution in [-0.4, -0.2) is 29.2 Å². The molecule has 0 spiro atoms. The molecule has 1 heterocycles. The van der Waals surface area contributed by atoms with Gasteiger partial charge in [0.15, 0.2) is 0 Å². The molecule has 1 aromatic carbocycles. The number of likely N-dealkylation sites (tertiary alicyclic amines) is 1. The molecule has 2 aliphatic rings. The van der Waals surface area contributed by atoms with E-state index in [1.807, 2.05) is 32.0 Å². The predicted molar refractivity (Wildman–Crippen MR) is 91.3 cm³/mol. The van der Waals surface area contributed by atoms with Crippen LogP contribution in [0.4, 0.5) is 5.69 Å². The highest BCUT2D eigenvalue weighted by molar-refractivity contribution is 6.05. The van der Waals surface area contributed by atoms with Gasteiger partial charge in [0.1, 0.15) is 0 Å². The molecule has 1 aromatic rings. The Bertz CT molecular complexity index is 659. The first-order valence-electron chi connectivity index (χ1n) is 8.69. The summed E-state index contributed by atoms with van der Waals surface area (Å²) >= 11 is 0. The first-order valence-corrected chi connectivity index (χ1v) is 8.69. The summed E-state index contributed by atoms with van der Waals surface area (Å²) in [4.78, 5) is 38.3. The summed E-state index contributed by atoms with van der Waals surface area (Å²) in [5.74, 6) is -0.616. The minimum atomic E-state index is -0.167. The van der Waals surface area contributed by atoms with Crippen LogP contribution < -0.4 is 5.32 Å². The fourth-order valence-electron chi connectivity index (χ4n) is 3.75. The van der Waals surface area contributed by atoms with E-state index < -0.39 is 0 Å². The molecule has 2 fully saturated rings. The lowest BCUT2D eigenvalue weighted by molar-refractivity contribution is -0.140. The number of amides is 3. The molecule has 1 N–H and O–H groups in total. The van der Waals surface area contributed by atoms with Crippen LogP contribution >= 0.6 is 0 Å². The molecule has 2 atom stereocenters. The molecular weight excluding hydrogens is 304 g/mol. The van der Waals surface area contributed by atoms with Gasteiger partial charge in [-0.2, -0.15) is 0 Å². The molecule has 5 heteroatoms. The molecule has 2 unspecified atom stereocenters. The van der Waals surface area contributed by atoms with Crippen molar-refractivity contribution in [1.82, 2.24) is 4.90 Å². The first-order chi connectivity index (χ1) is 11.5. The number of nitrogens with zero attached hydrogens (tertiary/aromatic N) is 1. The van der Waals surface area contributed by atoms with Gasteiger partial charge in [-0.1, -0.05) is 25.0 Å². The highest BCUT2D eigenvalue weighted by atomic mass is 16.2. The van der Waals surface area contributed by atoms with E-state index in [9.17, 15) is 14.4 Å². The van der Waals surface area contributed by atoms with Gasteiger partial charge >= 0.3 is 0 Å². The second kappa shape index (κ2) is 6.75. The lowest BCUT2D eigenvalue weighted by atomic mass is 9.81. The molecule has 1 aliphatic heterocycles. The minimum absolute atomic E-state index is 0.0794. The third-order valence-electron chi connectivity index (χ3n) is 5.16. The van der Waals surface area contributed by atoms with Crippen LogP contribution in [0.2, 0.25) is 0 Å². The third-order valence-corrected chi connectivity index (χ3v) is 5.16. The number of aryl methyl sites for hydroxylation is 2. The number of benzene rings is 1. The molecule has 3 amide bonds. The number of nitrogens with one attached hydrogen (secondary N) is 1. The summed E-state index contributed by atoms with van der Waals surface area (Å²) in [5, 5.41) is 2.88. The van der Waals surface area contributed by atoms with E-state index in [1.54, 1.807) is 0 Å². The molecule has 24 heavy (non-hydrogen) atoms. The second-order valence-corrected chi connectivity index (χ2v) is 6.94. The Balaban J connectivity index is 1.59. The highest BCUT2D eigenvalue weighted by Gasteiger charge is 2.47. The minimum Gasteiger partial charge on any atom is -0.326 e. The quantitative estimate of drug-likeness (QED) is 0.864. The summed E-state index contributed by atoms with van der Waals surface area (Å²) < 4.78 is 0. The fraction of sp³-hybridized carbons (Fsp3) is 0.526. The number of hydrogen-bond acceptors (Lipinski definition) is 3. The van der Waals surface area contributed by atoms with Crippen molar-refractivity contribution in [2.24, 2.45) is 11.8 Å². The average Bonchev–Trinajstić information content (AvgIpc) is 2.81. The Hall–Kier alpha value is -2.17. The Morgan fingerprint density at radius 2 is 1.75 bits per heavy atom. The average molecular weight is 328 g/mol. The Kier molecular flexibility index (Phi) is 4.69. The maximum Gasteiger partial charge on any atom is 0.233 e. The van der Waals surface area contributed by atoms with E-state index in [1.165, 1.54) is 4.90 Å². The number of carbonyl (C=O) groups excluding carboxylic acids is 3. The molecular formula is C19H24N2O3. The molecule has 1 saturated heterocycles. The fourth-order valence-corrected chi connectivity index (χ4v) is 3.75. The summed E-state index contributed by atoms with van der Waals surface area (Å²) in [5.41, 5.74) is 2.85. The molecule has 128 valence electrons. The highest BCUT2D eigenvalue weighted by Crippen LogP contribution is 2.37. The van der Waals surface area contributed by atoms with E-state index in [0.29, 0.717) is 0 Å². The van der Waals surface area contributed by atoms with Crippen LogP contribution in [0.1, 0.15) is 43.2 Å². The van der Waals surface area contributed by atoms with E-state index in [2.05, 4.69) is 5.32 Å². The van der Waals surface area contributed by atoms with Crippen LogP contribution in [0, 0.1) is 25.7 Å². The van der Waals surface area contributed by atoms with Crippen LogP contribution in [0.15, 0.2) is 18.2 Å². The molecule has 0 radical (unpaired) electrons. The topological polar surface area (TPSA) is 66.5 Å². The van der Waals surface area contributed by atoms with Gasteiger partial charge in [0, 0.05) is 18.7 Å². The van der Waals surface area contributed by atoms with Crippen LogP contribution in [0.5, 0.6) is 0 Å². The van der Waals surface area contributed by atoms with Crippen LogP contribution in [0.25, 0.3) is 0 Å². The Morgan fingerprint density at radius 1 is 1.12 bits per heavy atom. The largest absolute Gasteiger partial charge is 0.326 e. The number of carbonyl (C=O) groups is 3. The summed E-state index contributed by atoms with van der Waals surface area (Å²) in [6.07, 6.45) is 3.79. The standard InChI is InChI=1S/C19H24N2O3/c1-12-7-8-13(2)16(11-12)20-17(22)9-10-21-18(23)14-5-3-4-6-15(14)19(21)24/h7-8,11,14-15H,3-6,9-10H2,1-2H3,(H,20,22). The van der Waals surface area contributed by atoms with Gasteiger partial charge < -0.3 is 5.32 Å². The maximum atomic E-state index is 12.4. The van der Waals surface area contributed by atoms with Crippen molar-refractivity contribution in [3.8, 4) is 0 Å². The summed E-state index contributed by atoms with van der Waals surface area (Å²) in [7, 11) is 0. The smallest absolute Gasteiger partial charge is 0.233 e. The first kappa shape index (κ1) is 16.7. The van der Waals surface area contributed by atoms with Gasteiger partial charge in [-0.25, -0.2) is 0 Å². The molecule has 5 nitrogen and oxygen atoms in total. The molecule has 0 bridgehead atoms. The van der Waals surface area contributed by atoms with Crippen molar-refractivity contribution < 1.29 is 14.4 Å². The zero-order chi connectivity index (χ0) is 17.3. The number of anilines is 1. The van der Waals surface area contributed by atoms with Crippen molar-refractivity contribution in [2.75, 3.05) is 11.9 Å². The van der Waals surface area contributed by atoms with Gasteiger partial charge in [-0.3, -0.25) is 19.3 Å². The van der Waals surface area contributed by atoms with Gasteiger partial charge in [0.2, 0.25) is 17.7 Å². The Labute approximate surface area is 142 Å². The number of rotatable bonds is 4. The lowest BCUT2D eigenvalue weighted by Gasteiger charge is -2.19. The van der Waals surface area contributed by atoms with Crippen molar-refractivity contribution >= 4 is 23.4 Å². The maximum absolute atomic E-state index is 12.4. The van der Waals surface area contributed by atoms with Gasteiger partial charge in [-0.05, 0) is 43.9 Å². The zero-order valence-corrected chi connectivity index (χ0v) is 14.3. The zero-order valence-electron chi connectivity index (χ0n) is 14.3. The Morgan fingerprint density at radius 3 is 2.38 bits per heavy atom. The number of imide groups is 1. The van der Waals surface area contributed by atoms with Crippen molar-refractivity contribution in [3.63, 3.8) is 0 Å². The third kappa shape index (κ3) is 3.21. The molecule has 1 saturated carbocycles. The van der Waals surface area contributed by atoms with Crippen molar-refractivity contribution in [1.29, 1.82) is 0 Å². The van der Waals surface area contributed by atoms with E-state index >= 15 is 0 Å². The predicted octanol–water partition coefficient (Wildman–Crippen LogP) is 2.81.